The van der Waals surface area contributed by atoms with E-state index >= 15 is 0 Å². The molecule has 0 atom stereocenters. The number of carbonyl (C=O) groups excluding carboxylic acids is 2. The SMILES string of the molecule is CCC(=O)C(=NC)C(=O)S(=O)(=O)OC=[N+](C)C. The summed E-state index contributed by atoms with van der Waals surface area (Å²) in [6.07, 6.45) is 0.836. The van der Waals surface area contributed by atoms with Crippen LogP contribution in [0.25, 0.3) is 0 Å². The van der Waals surface area contributed by atoms with Gasteiger partial charge in [0.15, 0.2) is 11.5 Å². The summed E-state index contributed by atoms with van der Waals surface area (Å²) in [5.41, 5.74) is -0.625. The Morgan fingerprint density at radius 3 is 2.24 bits per heavy atom. The van der Waals surface area contributed by atoms with Crippen LogP contribution in [0.3, 0.4) is 0 Å². The van der Waals surface area contributed by atoms with Crippen LogP contribution >= 0.6 is 0 Å². The van der Waals surface area contributed by atoms with Crippen LogP contribution in [0.4, 0.5) is 0 Å². The molecule has 8 heteroatoms. The highest BCUT2D eigenvalue weighted by molar-refractivity contribution is 8.04. The zero-order valence-electron chi connectivity index (χ0n) is 10.1. The summed E-state index contributed by atoms with van der Waals surface area (Å²) in [4.78, 5) is 26.2. The van der Waals surface area contributed by atoms with Crippen LogP contribution in [0.5, 0.6) is 0 Å². The van der Waals surface area contributed by atoms with Gasteiger partial charge in [-0.05, 0) is 0 Å². The standard InChI is InChI=1S/C9H15N2O5S/c1-5-7(12)8(10-2)9(13)17(14,15)16-6-11(3)4/h6H,5H2,1-4H3/q+1. The van der Waals surface area contributed by atoms with Crippen molar-refractivity contribution in [1.82, 2.24) is 0 Å². The number of nitrogens with zero attached hydrogens (tertiary/aromatic N) is 2. The number of rotatable bonds is 5. The molecule has 0 aliphatic rings. The number of hydrogen-bond acceptors (Lipinski definition) is 6. The molecule has 17 heavy (non-hydrogen) atoms. The largest absolute Gasteiger partial charge is 0.384 e. The molecule has 0 radical (unpaired) electrons. The maximum atomic E-state index is 11.5. The van der Waals surface area contributed by atoms with E-state index in [9.17, 15) is 18.0 Å². The molecule has 0 unspecified atom stereocenters. The van der Waals surface area contributed by atoms with Gasteiger partial charge < -0.3 is 4.18 Å². The van der Waals surface area contributed by atoms with Crippen molar-refractivity contribution in [2.75, 3.05) is 21.1 Å². The fourth-order valence-corrected chi connectivity index (χ4v) is 1.62. The van der Waals surface area contributed by atoms with E-state index < -0.39 is 26.7 Å². The lowest BCUT2D eigenvalue weighted by molar-refractivity contribution is -0.466. The van der Waals surface area contributed by atoms with Gasteiger partial charge in [-0.2, -0.15) is 8.42 Å². The van der Waals surface area contributed by atoms with Gasteiger partial charge >= 0.3 is 21.6 Å². The molecular weight excluding hydrogens is 248 g/mol. The average molecular weight is 263 g/mol. The molecule has 0 amide bonds. The Labute approximate surface area is 99.9 Å². The first kappa shape index (κ1) is 15.4. The van der Waals surface area contributed by atoms with Crippen LogP contribution in [-0.2, 0) is 23.9 Å². The Morgan fingerprint density at radius 2 is 1.88 bits per heavy atom. The molecular formula is C9H15N2O5S+. The van der Waals surface area contributed by atoms with Crippen LogP contribution in [-0.4, -0.2) is 57.1 Å². The van der Waals surface area contributed by atoms with E-state index in [0.717, 1.165) is 6.40 Å². The van der Waals surface area contributed by atoms with Crippen molar-refractivity contribution >= 4 is 33.1 Å². The van der Waals surface area contributed by atoms with E-state index in [1.807, 2.05) is 0 Å². The van der Waals surface area contributed by atoms with Crippen LogP contribution in [0.2, 0.25) is 0 Å². The Balaban J connectivity index is 5.17. The summed E-state index contributed by atoms with van der Waals surface area (Å²) in [5, 5.41) is -1.43. The van der Waals surface area contributed by atoms with Crippen molar-refractivity contribution in [2.45, 2.75) is 13.3 Å². The van der Waals surface area contributed by atoms with Gasteiger partial charge in [-0.25, -0.2) is 4.58 Å². The minimum Gasteiger partial charge on any atom is -0.323 e. The van der Waals surface area contributed by atoms with Crippen molar-refractivity contribution in [1.29, 1.82) is 0 Å². The van der Waals surface area contributed by atoms with Crippen molar-refractivity contribution in [3.05, 3.63) is 0 Å². The second-order valence-corrected chi connectivity index (χ2v) is 4.73. The maximum absolute atomic E-state index is 11.5. The fraction of sp³-hybridized carbons (Fsp3) is 0.556. The highest BCUT2D eigenvalue weighted by Crippen LogP contribution is 1.99. The summed E-state index contributed by atoms with van der Waals surface area (Å²) < 4.78 is 28.4. The average Bonchev–Trinajstić information content (AvgIpc) is 2.27. The molecule has 0 spiro atoms. The molecule has 0 aromatic rings. The fourth-order valence-electron chi connectivity index (χ4n) is 0.802. The van der Waals surface area contributed by atoms with E-state index in [-0.39, 0.29) is 6.42 Å². The number of hydrogen-bond donors (Lipinski definition) is 0. The molecule has 7 nitrogen and oxygen atoms in total. The van der Waals surface area contributed by atoms with Gasteiger partial charge in [0.1, 0.15) is 14.1 Å². The van der Waals surface area contributed by atoms with E-state index in [0.29, 0.717) is 0 Å². The van der Waals surface area contributed by atoms with Crippen molar-refractivity contribution in [3.63, 3.8) is 0 Å². The summed E-state index contributed by atoms with van der Waals surface area (Å²) in [7, 11) is -0.297. The lowest BCUT2D eigenvalue weighted by atomic mass is 10.2. The number of ketones is 1. The molecule has 0 rings (SSSR count). The monoisotopic (exact) mass is 263 g/mol. The van der Waals surface area contributed by atoms with Gasteiger partial charge in [0.05, 0.1) is 0 Å². The summed E-state index contributed by atoms with van der Waals surface area (Å²) >= 11 is 0. The van der Waals surface area contributed by atoms with E-state index in [2.05, 4.69) is 9.18 Å². The van der Waals surface area contributed by atoms with Gasteiger partial charge in [-0.15, -0.1) is 0 Å². The zero-order valence-corrected chi connectivity index (χ0v) is 10.9. The molecule has 96 valence electrons. The van der Waals surface area contributed by atoms with Gasteiger partial charge in [0.2, 0.25) is 0 Å². The van der Waals surface area contributed by atoms with E-state index in [1.165, 1.54) is 32.6 Å². The van der Waals surface area contributed by atoms with Gasteiger partial charge in [0, 0.05) is 13.5 Å². The summed E-state index contributed by atoms with van der Waals surface area (Å²) in [6, 6.07) is 0. The Bertz CT molecular complexity index is 472. The molecule has 0 fully saturated rings. The zero-order chi connectivity index (χ0) is 13.6. The van der Waals surface area contributed by atoms with E-state index in [1.54, 1.807) is 0 Å². The molecule has 0 saturated carbocycles. The molecule has 0 aliphatic heterocycles. The lowest BCUT2D eigenvalue weighted by Gasteiger charge is -2.01. The third-order valence-electron chi connectivity index (χ3n) is 1.61. The third-order valence-corrected chi connectivity index (χ3v) is 2.60. The topological polar surface area (TPSA) is 92.9 Å². The van der Waals surface area contributed by atoms with Crippen molar-refractivity contribution in [3.8, 4) is 0 Å². The minimum absolute atomic E-state index is 0.00860. The Hall–Kier alpha value is -1.57. The predicted octanol–water partition coefficient (Wildman–Crippen LogP) is -0.790. The third kappa shape index (κ3) is 4.43. The van der Waals surface area contributed by atoms with E-state index in [4.69, 9.17) is 0 Å². The maximum Gasteiger partial charge on any atom is 0.384 e. The minimum atomic E-state index is -4.51. The number of aliphatic imine (C=N–C) groups is 1. The normalized spacial score (nSPS) is 11.9. The molecule has 0 aromatic carbocycles. The first-order valence-corrected chi connectivity index (χ1v) is 6.14. The quantitative estimate of drug-likeness (QED) is 0.213. The molecule has 0 bridgehead atoms. The molecule has 0 aromatic heterocycles. The van der Waals surface area contributed by atoms with Gasteiger partial charge in [0.25, 0.3) is 0 Å². The smallest absolute Gasteiger partial charge is 0.323 e. The van der Waals surface area contributed by atoms with Gasteiger partial charge in [-0.3, -0.25) is 14.6 Å². The Morgan fingerprint density at radius 1 is 1.35 bits per heavy atom. The molecule has 0 aliphatic carbocycles. The summed E-state index contributed by atoms with van der Waals surface area (Å²) in [6.45, 7) is 1.50. The van der Waals surface area contributed by atoms with Crippen LogP contribution < -0.4 is 0 Å². The second kappa shape index (κ2) is 6.24. The van der Waals surface area contributed by atoms with Crippen molar-refractivity contribution < 1.29 is 26.8 Å². The number of Topliss-reactive ketones (excluding diaryl/α,β-unsaturated/α-hetero) is 1. The van der Waals surface area contributed by atoms with Crippen LogP contribution in [0, 0.1) is 0 Å². The number of carbonyl (C=O) groups is 2. The summed E-state index contributed by atoms with van der Waals surface area (Å²) in [5.74, 6) is -0.644. The highest BCUT2D eigenvalue weighted by atomic mass is 32.2. The lowest BCUT2D eigenvalue weighted by Crippen LogP contribution is -2.32. The molecule has 0 heterocycles. The Kier molecular flexibility index (Phi) is 5.66. The first-order valence-electron chi connectivity index (χ1n) is 4.73. The second-order valence-electron chi connectivity index (χ2n) is 3.26. The van der Waals surface area contributed by atoms with Gasteiger partial charge in [-0.1, -0.05) is 6.92 Å². The molecule has 0 N–H and O–H groups in total. The first-order chi connectivity index (χ1) is 7.76. The predicted molar refractivity (Wildman–Crippen MR) is 61.8 cm³/mol. The molecule has 0 saturated heterocycles. The van der Waals surface area contributed by atoms with Crippen LogP contribution in [0.1, 0.15) is 13.3 Å². The van der Waals surface area contributed by atoms with Crippen molar-refractivity contribution in [2.24, 2.45) is 4.99 Å². The van der Waals surface area contributed by atoms with Crippen LogP contribution in [0.15, 0.2) is 4.99 Å². The highest BCUT2D eigenvalue weighted by Gasteiger charge is 2.32.